The molecule has 1 aromatic carbocycles. The minimum Gasteiger partial charge on any atom is -0.504 e. The van der Waals surface area contributed by atoms with Crippen LogP contribution in [0.4, 0.5) is 0 Å². The van der Waals surface area contributed by atoms with Crippen molar-refractivity contribution in [1.29, 1.82) is 0 Å². The number of nitrogens with zero attached hydrogens (tertiary/aromatic N) is 4. The molecule has 1 aromatic heterocycles. The fourth-order valence-corrected chi connectivity index (χ4v) is 3.21. The number of rotatable bonds is 14. The van der Waals surface area contributed by atoms with E-state index >= 15 is 0 Å². The third kappa shape index (κ3) is 7.22. The summed E-state index contributed by atoms with van der Waals surface area (Å²) in [5.74, 6) is 2.14. The molecule has 0 saturated carbocycles. The normalized spacial score (nSPS) is 11.6. The second-order valence-corrected chi connectivity index (χ2v) is 8.08. The summed E-state index contributed by atoms with van der Waals surface area (Å²) in [6.07, 6.45) is 8.15. The lowest BCUT2D eigenvalue weighted by molar-refractivity contribution is 0.280. The molecule has 7 heteroatoms. The van der Waals surface area contributed by atoms with Gasteiger partial charge in [-0.1, -0.05) is 53.4 Å². The van der Waals surface area contributed by atoms with Crippen LogP contribution in [0.5, 0.6) is 17.2 Å². The fraction of sp³-hybridized carbons (Fsp3) is 0.682. The first kappa shape index (κ1) is 23.0. The zero-order chi connectivity index (χ0) is 21.1. The average Bonchev–Trinajstić information content (AvgIpc) is 3.25. The Labute approximate surface area is 174 Å². The first-order valence-electron chi connectivity index (χ1n) is 10.8. The standard InChI is InChI=1S/C22H35N4O3/c1-5-7-10-13-29-20-15-17(6-2)19(16-18(20)27)28-14-11-8-9-12-22(3,4)21-23-25-26-24-21/h15-16H,5-14H2,1-4H3,(H-,23,24,25,26,27)/q-1. The number of ether oxygens (including phenoxy) is 2. The quantitative estimate of drug-likeness (QED) is 0.461. The van der Waals surface area contributed by atoms with E-state index in [9.17, 15) is 5.11 Å². The zero-order valence-corrected chi connectivity index (χ0v) is 18.3. The highest BCUT2D eigenvalue weighted by Gasteiger charge is 2.19. The molecule has 1 heterocycles. The number of aryl methyl sites for hydroxylation is 1. The van der Waals surface area contributed by atoms with Crippen molar-refractivity contribution in [3.63, 3.8) is 0 Å². The van der Waals surface area contributed by atoms with E-state index in [1.165, 1.54) is 0 Å². The van der Waals surface area contributed by atoms with E-state index in [2.05, 4.69) is 48.3 Å². The summed E-state index contributed by atoms with van der Waals surface area (Å²) < 4.78 is 11.7. The lowest BCUT2D eigenvalue weighted by Gasteiger charge is -2.24. The Balaban J connectivity index is 1.76. The van der Waals surface area contributed by atoms with E-state index in [1.807, 2.05) is 6.07 Å². The average molecular weight is 404 g/mol. The van der Waals surface area contributed by atoms with Crippen LogP contribution in [0, 0.1) is 0 Å². The molecule has 0 aliphatic carbocycles. The Kier molecular flexibility index (Phi) is 9.22. The molecule has 0 bridgehead atoms. The van der Waals surface area contributed by atoms with Crippen LogP contribution >= 0.6 is 0 Å². The molecule has 7 nitrogen and oxygen atoms in total. The number of phenolic OH excluding ortho intramolecular Hbond substituents is 1. The number of aromatic nitrogens is 4. The molecule has 0 atom stereocenters. The Morgan fingerprint density at radius 2 is 1.69 bits per heavy atom. The minimum atomic E-state index is -0.113. The maximum Gasteiger partial charge on any atom is 0.161 e. The van der Waals surface area contributed by atoms with Crippen molar-refractivity contribution in [2.24, 2.45) is 0 Å². The van der Waals surface area contributed by atoms with Crippen molar-refractivity contribution < 1.29 is 14.6 Å². The predicted octanol–water partition coefficient (Wildman–Crippen LogP) is 4.58. The minimum absolute atomic E-state index is 0.113. The van der Waals surface area contributed by atoms with Gasteiger partial charge < -0.3 is 19.7 Å². The molecule has 0 radical (unpaired) electrons. The van der Waals surface area contributed by atoms with Crippen LogP contribution in [-0.2, 0) is 11.8 Å². The summed E-state index contributed by atoms with van der Waals surface area (Å²) in [6.45, 7) is 9.72. The van der Waals surface area contributed by atoms with Crippen molar-refractivity contribution in [2.75, 3.05) is 13.2 Å². The number of tetrazole rings is 1. The van der Waals surface area contributed by atoms with Crippen molar-refractivity contribution in [1.82, 2.24) is 20.6 Å². The molecule has 2 aromatic rings. The van der Waals surface area contributed by atoms with Crippen molar-refractivity contribution in [2.45, 2.75) is 84.5 Å². The van der Waals surface area contributed by atoms with Gasteiger partial charge >= 0.3 is 0 Å². The van der Waals surface area contributed by atoms with Crippen LogP contribution in [0.3, 0.4) is 0 Å². The van der Waals surface area contributed by atoms with Crippen LogP contribution in [0.25, 0.3) is 0 Å². The van der Waals surface area contributed by atoms with Gasteiger partial charge in [-0.05, 0) is 42.7 Å². The smallest absolute Gasteiger partial charge is 0.161 e. The molecular weight excluding hydrogens is 368 g/mol. The van der Waals surface area contributed by atoms with E-state index in [4.69, 9.17) is 9.47 Å². The van der Waals surface area contributed by atoms with Crippen molar-refractivity contribution in [3.8, 4) is 17.2 Å². The number of benzene rings is 1. The molecule has 0 aliphatic rings. The summed E-state index contributed by atoms with van der Waals surface area (Å²) in [5, 5.41) is 25.4. The van der Waals surface area contributed by atoms with Crippen LogP contribution in [0.15, 0.2) is 12.1 Å². The van der Waals surface area contributed by atoms with E-state index in [0.717, 1.165) is 62.7 Å². The lowest BCUT2D eigenvalue weighted by atomic mass is 9.86. The summed E-state index contributed by atoms with van der Waals surface area (Å²) in [7, 11) is 0. The van der Waals surface area contributed by atoms with Gasteiger partial charge in [-0.25, -0.2) is 0 Å². The number of phenols is 1. The van der Waals surface area contributed by atoms with Gasteiger partial charge in [0, 0.05) is 11.9 Å². The molecule has 1 N–H and O–H groups in total. The predicted molar refractivity (Wildman–Crippen MR) is 113 cm³/mol. The van der Waals surface area contributed by atoms with Gasteiger partial charge in [-0.15, -0.1) is 0 Å². The number of aromatic hydroxyl groups is 1. The lowest BCUT2D eigenvalue weighted by Crippen LogP contribution is -2.20. The third-order valence-corrected chi connectivity index (χ3v) is 5.16. The first-order chi connectivity index (χ1) is 14.0. The number of hydrogen-bond acceptors (Lipinski definition) is 6. The molecule has 0 unspecified atom stereocenters. The van der Waals surface area contributed by atoms with Gasteiger partial charge in [0.15, 0.2) is 11.5 Å². The first-order valence-corrected chi connectivity index (χ1v) is 10.8. The fourth-order valence-electron chi connectivity index (χ4n) is 3.21. The molecule has 162 valence electrons. The van der Waals surface area contributed by atoms with Crippen LogP contribution in [-0.4, -0.2) is 33.8 Å². The van der Waals surface area contributed by atoms with Crippen LogP contribution in [0.1, 0.15) is 84.0 Å². The number of unbranched alkanes of at least 4 members (excludes halogenated alkanes) is 4. The molecule has 29 heavy (non-hydrogen) atoms. The van der Waals surface area contributed by atoms with Crippen molar-refractivity contribution in [3.05, 3.63) is 23.5 Å². The second-order valence-electron chi connectivity index (χ2n) is 8.08. The van der Waals surface area contributed by atoms with Gasteiger partial charge in [0.25, 0.3) is 0 Å². The van der Waals surface area contributed by atoms with Crippen LogP contribution in [0.2, 0.25) is 0 Å². The Hall–Kier alpha value is -2.31. The Morgan fingerprint density at radius 1 is 0.966 bits per heavy atom. The summed E-state index contributed by atoms with van der Waals surface area (Å²) >= 11 is 0. The van der Waals surface area contributed by atoms with Gasteiger partial charge in [0.2, 0.25) is 0 Å². The summed E-state index contributed by atoms with van der Waals surface area (Å²) in [5.41, 5.74) is 0.946. The monoisotopic (exact) mass is 403 g/mol. The highest BCUT2D eigenvalue weighted by atomic mass is 16.5. The summed E-state index contributed by atoms with van der Waals surface area (Å²) in [4.78, 5) is 0. The molecular formula is C22H35N4O3-. The highest BCUT2D eigenvalue weighted by molar-refractivity contribution is 5.50. The molecule has 2 rings (SSSR count). The molecule has 0 amide bonds. The van der Waals surface area contributed by atoms with E-state index in [0.29, 0.717) is 24.8 Å². The molecule has 0 saturated heterocycles. The topological polar surface area (TPSA) is 91.5 Å². The van der Waals surface area contributed by atoms with Gasteiger partial charge in [0.1, 0.15) is 5.75 Å². The Bertz CT molecular complexity index is 717. The maximum atomic E-state index is 10.3. The second kappa shape index (κ2) is 11.6. The largest absolute Gasteiger partial charge is 0.504 e. The van der Waals surface area contributed by atoms with Gasteiger partial charge in [-0.3, -0.25) is 10.3 Å². The highest BCUT2D eigenvalue weighted by Crippen LogP contribution is 2.34. The molecule has 0 aliphatic heterocycles. The van der Waals surface area contributed by atoms with Crippen molar-refractivity contribution >= 4 is 0 Å². The molecule has 0 spiro atoms. The summed E-state index contributed by atoms with van der Waals surface area (Å²) in [6, 6.07) is 3.59. The van der Waals surface area contributed by atoms with E-state index < -0.39 is 0 Å². The maximum absolute atomic E-state index is 10.3. The van der Waals surface area contributed by atoms with Gasteiger partial charge in [-0.2, -0.15) is 5.21 Å². The third-order valence-electron chi connectivity index (χ3n) is 5.16. The SMILES string of the molecule is CCCCCOc1cc(CC)c(OCCCCCC(C)(C)c2nnn[n-]2)cc1O. The zero-order valence-electron chi connectivity index (χ0n) is 18.3. The Morgan fingerprint density at radius 3 is 2.34 bits per heavy atom. The van der Waals surface area contributed by atoms with E-state index in [1.54, 1.807) is 6.07 Å². The molecule has 0 fully saturated rings. The van der Waals surface area contributed by atoms with Crippen LogP contribution < -0.4 is 14.6 Å². The van der Waals surface area contributed by atoms with E-state index in [-0.39, 0.29) is 11.2 Å². The number of hydrogen-bond donors (Lipinski definition) is 1. The van der Waals surface area contributed by atoms with Gasteiger partial charge in [0.05, 0.1) is 13.2 Å².